The summed E-state index contributed by atoms with van der Waals surface area (Å²) in [6.45, 7) is 2.03. The van der Waals surface area contributed by atoms with Crippen LogP contribution in [0.4, 0.5) is 5.82 Å². The van der Waals surface area contributed by atoms with Crippen molar-refractivity contribution in [3.8, 4) is 11.5 Å². The maximum Gasteiger partial charge on any atom is 0.351 e. The Balaban J connectivity index is 1.14. The van der Waals surface area contributed by atoms with E-state index in [1.54, 1.807) is 44.6 Å². The minimum atomic E-state index is -3.65. The Hall–Kier alpha value is -4.99. The first kappa shape index (κ1) is 41.7. The van der Waals surface area contributed by atoms with E-state index < -0.39 is 54.2 Å². The Labute approximate surface area is 350 Å². The summed E-state index contributed by atoms with van der Waals surface area (Å²) in [5.74, 6) is 0.959. The number of anilines is 1. The van der Waals surface area contributed by atoms with Gasteiger partial charge in [0.1, 0.15) is 35.2 Å². The Morgan fingerprint density at radius 3 is 2.08 bits per heavy atom. The van der Waals surface area contributed by atoms with Crippen molar-refractivity contribution in [3.05, 3.63) is 149 Å². The molecule has 1 amide bonds. The third-order valence-corrected chi connectivity index (χ3v) is 14.7. The largest absolute Gasteiger partial charge is 0.497 e. The van der Waals surface area contributed by atoms with E-state index in [0.29, 0.717) is 18.0 Å². The average molecular weight is 855 g/mol. The predicted octanol–water partition coefficient (Wildman–Crippen LogP) is 6.46. The maximum atomic E-state index is 13.6. The molecule has 3 saturated heterocycles. The number of benzene rings is 4. The van der Waals surface area contributed by atoms with Gasteiger partial charge in [-0.05, 0) is 72.0 Å². The van der Waals surface area contributed by atoms with Crippen molar-refractivity contribution >= 4 is 30.1 Å². The van der Waals surface area contributed by atoms with Crippen LogP contribution in [-0.4, -0.2) is 86.0 Å². The highest BCUT2D eigenvalue weighted by atomic mass is 32.2. The van der Waals surface area contributed by atoms with Crippen molar-refractivity contribution in [2.24, 2.45) is 0 Å². The van der Waals surface area contributed by atoms with Crippen molar-refractivity contribution in [1.29, 1.82) is 0 Å². The number of rotatable bonds is 15. The van der Waals surface area contributed by atoms with Crippen molar-refractivity contribution in [2.45, 2.75) is 67.3 Å². The summed E-state index contributed by atoms with van der Waals surface area (Å²) >= 11 is 0. The first-order valence-corrected chi connectivity index (χ1v) is 22.5. The molecule has 14 nitrogen and oxygen atoms in total. The molecular formula is C44H47N4O10PS. The predicted molar refractivity (Wildman–Crippen MR) is 224 cm³/mol. The highest BCUT2D eigenvalue weighted by Gasteiger charge is 2.51. The lowest BCUT2D eigenvalue weighted by Crippen LogP contribution is -2.38. The Morgan fingerprint density at radius 1 is 0.867 bits per heavy atom. The van der Waals surface area contributed by atoms with Crippen LogP contribution in [0.2, 0.25) is 0 Å². The van der Waals surface area contributed by atoms with Gasteiger partial charge in [-0.3, -0.25) is 9.36 Å². The zero-order valence-corrected chi connectivity index (χ0v) is 35.2. The lowest BCUT2D eigenvalue weighted by molar-refractivity contribution is -0.114. The normalized spacial score (nSPS) is 23.0. The van der Waals surface area contributed by atoms with Crippen LogP contribution in [0.25, 0.3) is 0 Å². The molecule has 0 bridgehead atoms. The zero-order chi connectivity index (χ0) is 41.9. The molecule has 6 atom stereocenters. The van der Waals surface area contributed by atoms with Crippen LogP contribution in [0.1, 0.15) is 49.1 Å². The maximum absolute atomic E-state index is 13.6. The topological polar surface area (TPSA) is 157 Å². The van der Waals surface area contributed by atoms with Gasteiger partial charge in [0.05, 0.1) is 43.7 Å². The fourth-order valence-electron chi connectivity index (χ4n) is 8.18. The smallest absolute Gasteiger partial charge is 0.351 e. The van der Waals surface area contributed by atoms with Crippen LogP contribution in [0, 0.1) is 0 Å². The summed E-state index contributed by atoms with van der Waals surface area (Å²) in [4.78, 5) is 29.5. The minimum absolute atomic E-state index is 0.00130. The molecule has 4 aromatic carbocycles. The molecule has 3 aliphatic rings. The molecule has 3 aliphatic heterocycles. The van der Waals surface area contributed by atoms with E-state index in [1.807, 2.05) is 78.9 Å². The van der Waals surface area contributed by atoms with Gasteiger partial charge in [-0.25, -0.2) is 17.9 Å². The molecule has 314 valence electrons. The molecule has 8 rings (SSSR count). The highest BCUT2D eigenvalue weighted by Crippen LogP contribution is 2.58. The monoisotopic (exact) mass is 854 g/mol. The number of aromatic nitrogens is 2. The molecule has 1 aromatic heterocycles. The molecule has 0 radical (unpaired) electrons. The van der Waals surface area contributed by atoms with Gasteiger partial charge < -0.3 is 33.3 Å². The van der Waals surface area contributed by atoms with Gasteiger partial charge in [-0.15, -0.1) is 0 Å². The van der Waals surface area contributed by atoms with Crippen LogP contribution >= 0.6 is 8.53 Å². The fourth-order valence-corrected chi connectivity index (χ4v) is 11.8. The summed E-state index contributed by atoms with van der Waals surface area (Å²) < 4.78 is 69.1. The van der Waals surface area contributed by atoms with Gasteiger partial charge >= 0.3 is 5.69 Å². The molecule has 60 heavy (non-hydrogen) atoms. The molecule has 1 N–H and O–H groups in total. The summed E-state index contributed by atoms with van der Waals surface area (Å²) in [7, 11) is -2.13. The molecule has 0 unspecified atom stereocenters. The number of amides is 1. The quantitative estimate of drug-likeness (QED) is 0.0907. The molecule has 4 heterocycles. The van der Waals surface area contributed by atoms with E-state index in [0.717, 1.165) is 29.5 Å². The second kappa shape index (κ2) is 17.9. The third kappa shape index (κ3) is 8.62. The highest BCUT2D eigenvalue weighted by molar-refractivity contribution is 7.91. The number of carbonyl (C=O) groups is 1. The van der Waals surface area contributed by atoms with E-state index in [2.05, 4.69) is 15.0 Å². The molecule has 0 saturated carbocycles. The Morgan fingerprint density at radius 2 is 1.48 bits per heavy atom. The van der Waals surface area contributed by atoms with Crippen molar-refractivity contribution in [3.63, 3.8) is 0 Å². The lowest BCUT2D eigenvalue weighted by atomic mass is 9.80. The average Bonchev–Trinajstić information content (AvgIpc) is 3.99. The number of methoxy groups -OCH3 is 2. The van der Waals surface area contributed by atoms with Gasteiger partial charge in [0.2, 0.25) is 5.91 Å². The number of fused-ring (bicyclic) bond motifs is 1. The summed E-state index contributed by atoms with van der Waals surface area (Å²) in [5, 5.41) is 2.55. The van der Waals surface area contributed by atoms with Crippen LogP contribution in [-0.2, 0) is 38.8 Å². The minimum Gasteiger partial charge on any atom is -0.497 e. The number of hydrogen-bond acceptors (Lipinski definition) is 12. The first-order chi connectivity index (χ1) is 29.1. The Kier molecular flexibility index (Phi) is 12.5. The standard InChI is InChI=1S/C44H47N4O10PS/c1-30(49)45-41-24-26-47(43(50)46-41)42-27-38(57-59-48-25-10-15-37(48)40(58-59)29-60(51,52)36-13-8-5-9-14-36)39(56-42)28-55-44(31-11-6-4-7-12-31,32-16-20-34(53-2)21-17-32)33-18-22-35(54-3)23-19-33/h4-9,11-14,16-24,26,37-40,42H,10,15,25,27-29H2,1-3H3,(H,45,46,49,50)/t37-,38+,39-,40+,42-,59+/m0/s1. The van der Waals surface area contributed by atoms with Gasteiger partial charge in [0.25, 0.3) is 8.53 Å². The van der Waals surface area contributed by atoms with Crippen LogP contribution in [0.15, 0.2) is 131 Å². The van der Waals surface area contributed by atoms with Gasteiger partial charge in [0, 0.05) is 32.1 Å². The van der Waals surface area contributed by atoms with Crippen molar-refractivity contribution in [1.82, 2.24) is 14.2 Å². The van der Waals surface area contributed by atoms with E-state index in [-0.39, 0.29) is 41.4 Å². The number of ether oxygens (including phenoxy) is 4. The van der Waals surface area contributed by atoms with Crippen LogP contribution in [0.5, 0.6) is 11.5 Å². The van der Waals surface area contributed by atoms with E-state index >= 15 is 0 Å². The second-order valence-electron chi connectivity index (χ2n) is 14.9. The van der Waals surface area contributed by atoms with E-state index in [9.17, 15) is 18.0 Å². The fraction of sp³-hybridized carbons (Fsp3) is 0.341. The second-order valence-corrected chi connectivity index (χ2v) is 18.3. The number of carbonyl (C=O) groups excluding carboxylic acids is 1. The Bertz CT molecular complexity index is 2380. The molecule has 0 aliphatic carbocycles. The molecule has 0 spiro atoms. The van der Waals surface area contributed by atoms with E-state index in [4.69, 9.17) is 28.0 Å². The number of hydrogen-bond donors (Lipinski definition) is 1. The molecule has 5 aromatic rings. The summed E-state index contributed by atoms with van der Waals surface area (Å²) in [5.41, 5.74) is 0.719. The van der Waals surface area contributed by atoms with Gasteiger partial charge in [-0.2, -0.15) is 4.98 Å². The molecular weight excluding hydrogens is 808 g/mol. The first-order valence-electron chi connectivity index (χ1n) is 19.8. The van der Waals surface area contributed by atoms with Gasteiger partial charge in [-0.1, -0.05) is 72.8 Å². The number of nitrogens with one attached hydrogen (secondary N) is 1. The number of nitrogens with zero attached hydrogens (tertiary/aromatic N) is 3. The summed E-state index contributed by atoms with van der Waals surface area (Å²) in [6.07, 6.45) is 0.603. The van der Waals surface area contributed by atoms with Crippen molar-refractivity contribution < 1.29 is 41.2 Å². The van der Waals surface area contributed by atoms with Crippen LogP contribution < -0.4 is 20.5 Å². The lowest BCUT2D eigenvalue weighted by Gasteiger charge is -2.37. The molecule has 3 fully saturated rings. The third-order valence-electron chi connectivity index (χ3n) is 11.1. The zero-order valence-electron chi connectivity index (χ0n) is 33.5. The SMILES string of the molecule is COc1ccc(C(OC[C@@H]2O[C@H](n3ccc(NC(C)=O)nc3=O)C[C@H]2O[P@]2O[C@H](CS(=O)(=O)c3ccccc3)[C@@H]3CCCN32)(c2ccccc2)c2ccc(OC)cc2)cc1. The molecule has 16 heteroatoms. The van der Waals surface area contributed by atoms with Gasteiger partial charge in [0.15, 0.2) is 9.84 Å². The number of sulfone groups is 1. The van der Waals surface area contributed by atoms with E-state index in [1.165, 1.54) is 23.8 Å². The summed E-state index contributed by atoms with van der Waals surface area (Å²) in [6, 6.07) is 35.1. The van der Waals surface area contributed by atoms with Crippen LogP contribution in [0.3, 0.4) is 0 Å². The van der Waals surface area contributed by atoms with Crippen molar-refractivity contribution in [2.75, 3.05) is 38.4 Å².